The van der Waals surface area contributed by atoms with Crippen molar-refractivity contribution in [2.75, 3.05) is 25.2 Å². The van der Waals surface area contributed by atoms with Crippen LogP contribution in [0.15, 0.2) is 18.3 Å². The van der Waals surface area contributed by atoms with Gasteiger partial charge in [0.1, 0.15) is 0 Å². The predicted octanol–water partition coefficient (Wildman–Crippen LogP) is 0.726. The SMILES string of the molecule is CCS(=O)CCNCc1ccc(C(=O)OC)cn1. The summed E-state index contributed by atoms with van der Waals surface area (Å²) in [4.78, 5) is 15.3. The Morgan fingerprint density at radius 1 is 1.50 bits per heavy atom. The molecule has 0 aliphatic rings. The Labute approximate surface area is 109 Å². The standard InChI is InChI=1S/C12H18N2O3S/c1-3-18(16)7-6-13-9-11-5-4-10(8-14-11)12(15)17-2/h4-5,8,13H,3,6-7,9H2,1-2H3. The summed E-state index contributed by atoms with van der Waals surface area (Å²) in [6, 6.07) is 3.45. The van der Waals surface area contributed by atoms with Crippen LogP contribution in [0.5, 0.6) is 0 Å². The zero-order valence-corrected chi connectivity index (χ0v) is 11.5. The number of nitrogens with one attached hydrogen (secondary N) is 1. The number of aromatic nitrogens is 1. The molecule has 1 N–H and O–H groups in total. The molecule has 0 aliphatic heterocycles. The minimum atomic E-state index is -0.740. The highest BCUT2D eigenvalue weighted by Crippen LogP contribution is 2.01. The van der Waals surface area contributed by atoms with E-state index in [1.165, 1.54) is 13.3 Å². The molecular weight excluding hydrogens is 252 g/mol. The first-order valence-electron chi connectivity index (χ1n) is 5.76. The van der Waals surface area contributed by atoms with E-state index in [9.17, 15) is 9.00 Å². The molecule has 1 unspecified atom stereocenters. The van der Waals surface area contributed by atoms with Gasteiger partial charge in [0.25, 0.3) is 0 Å². The molecule has 1 rings (SSSR count). The highest BCUT2D eigenvalue weighted by molar-refractivity contribution is 7.84. The number of pyridine rings is 1. The summed E-state index contributed by atoms with van der Waals surface area (Å²) < 4.78 is 15.8. The van der Waals surface area contributed by atoms with Gasteiger partial charge in [-0.05, 0) is 12.1 Å². The fourth-order valence-corrected chi connectivity index (χ4v) is 1.98. The average Bonchev–Trinajstić information content (AvgIpc) is 2.43. The second kappa shape index (κ2) is 7.94. The molecule has 5 nitrogen and oxygen atoms in total. The van der Waals surface area contributed by atoms with Crippen LogP contribution in [0.25, 0.3) is 0 Å². The Morgan fingerprint density at radius 3 is 2.83 bits per heavy atom. The molecule has 0 saturated heterocycles. The largest absolute Gasteiger partial charge is 0.465 e. The van der Waals surface area contributed by atoms with Crippen LogP contribution in [0.1, 0.15) is 23.0 Å². The van der Waals surface area contributed by atoms with E-state index in [0.29, 0.717) is 30.2 Å². The molecule has 0 fully saturated rings. The van der Waals surface area contributed by atoms with Crippen molar-refractivity contribution in [2.45, 2.75) is 13.5 Å². The third kappa shape index (κ3) is 4.93. The maximum Gasteiger partial charge on any atom is 0.339 e. The van der Waals surface area contributed by atoms with Crippen LogP contribution in [0.4, 0.5) is 0 Å². The lowest BCUT2D eigenvalue weighted by molar-refractivity contribution is 0.0600. The van der Waals surface area contributed by atoms with Gasteiger partial charge in [0.05, 0.1) is 18.4 Å². The second-order valence-corrected chi connectivity index (χ2v) is 5.50. The molecule has 1 aromatic rings. The van der Waals surface area contributed by atoms with Crippen molar-refractivity contribution < 1.29 is 13.7 Å². The molecule has 0 radical (unpaired) electrons. The first-order valence-corrected chi connectivity index (χ1v) is 7.25. The van der Waals surface area contributed by atoms with Crippen LogP contribution in [-0.2, 0) is 22.1 Å². The molecule has 0 aromatic carbocycles. The van der Waals surface area contributed by atoms with Gasteiger partial charge in [-0.1, -0.05) is 6.92 Å². The van der Waals surface area contributed by atoms with Gasteiger partial charge in [-0.3, -0.25) is 9.19 Å². The van der Waals surface area contributed by atoms with Gasteiger partial charge in [-0.2, -0.15) is 0 Å². The van der Waals surface area contributed by atoms with Gasteiger partial charge in [0.15, 0.2) is 0 Å². The van der Waals surface area contributed by atoms with E-state index < -0.39 is 10.8 Å². The highest BCUT2D eigenvalue weighted by atomic mass is 32.2. The van der Waals surface area contributed by atoms with E-state index in [-0.39, 0.29) is 5.97 Å². The zero-order valence-electron chi connectivity index (χ0n) is 10.6. The van der Waals surface area contributed by atoms with Crippen molar-refractivity contribution in [1.29, 1.82) is 0 Å². The number of carbonyl (C=O) groups is 1. The summed E-state index contributed by atoms with van der Waals surface area (Å²) in [5, 5.41) is 3.16. The van der Waals surface area contributed by atoms with Crippen LogP contribution in [0, 0.1) is 0 Å². The number of carbonyl (C=O) groups excluding carboxylic acids is 1. The van der Waals surface area contributed by atoms with Crippen molar-refractivity contribution in [3.05, 3.63) is 29.6 Å². The van der Waals surface area contributed by atoms with Crippen LogP contribution in [0.2, 0.25) is 0 Å². The molecule has 1 atom stereocenters. The van der Waals surface area contributed by atoms with E-state index in [4.69, 9.17) is 0 Å². The molecule has 1 heterocycles. The lowest BCUT2D eigenvalue weighted by Crippen LogP contribution is -2.21. The molecule has 0 spiro atoms. The van der Waals surface area contributed by atoms with Crippen molar-refractivity contribution >= 4 is 16.8 Å². The number of rotatable bonds is 7. The molecule has 0 saturated carbocycles. The first kappa shape index (κ1) is 14.8. The summed E-state index contributed by atoms with van der Waals surface area (Å²) >= 11 is 0. The van der Waals surface area contributed by atoms with Crippen LogP contribution in [0.3, 0.4) is 0 Å². The predicted molar refractivity (Wildman–Crippen MR) is 70.8 cm³/mol. The Kier molecular flexibility index (Phi) is 6.53. The number of hydrogen-bond donors (Lipinski definition) is 1. The number of hydrogen-bond acceptors (Lipinski definition) is 5. The van der Waals surface area contributed by atoms with Crippen molar-refractivity contribution in [3.63, 3.8) is 0 Å². The Balaban J connectivity index is 2.35. The molecular formula is C12H18N2O3S. The van der Waals surface area contributed by atoms with E-state index in [1.54, 1.807) is 12.1 Å². The van der Waals surface area contributed by atoms with E-state index in [0.717, 1.165) is 5.69 Å². The molecule has 0 bridgehead atoms. The van der Waals surface area contributed by atoms with E-state index in [1.807, 2.05) is 6.92 Å². The first-order chi connectivity index (χ1) is 8.67. The van der Waals surface area contributed by atoms with Crippen LogP contribution in [-0.4, -0.2) is 40.3 Å². The van der Waals surface area contributed by atoms with Gasteiger partial charge < -0.3 is 10.1 Å². The number of ether oxygens (including phenoxy) is 1. The highest BCUT2D eigenvalue weighted by Gasteiger charge is 2.05. The average molecular weight is 270 g/mol. The molecule has 0 aliphatic carbocycles. The van der Waals surface area contributed by atoms with Gasteiger partial charge in [0, 0.05) is 41.6 Å². The molecule has 0 amide bonds. The Morgan fingerprint density at radius 2 is 2.28 bits per heavy atom. The smallest absolute Gasteiger partial charge is 0.339 e. The zero-order chi connectivity index (χ0) is 13.4. The normalized spacial score (nSPS) is 12.1. The minimum absolute atomic E-state index is 0.389. The van der Waals surface area contributed by atoms with Crippen molar-refractivity contribution in [1.82, 2.24) is 10.3 Å². The van der Waals surface area contributed by atoms with E-state index in [2.05, 4.69) is 15.0 Å². The summed E-state index contributed by atoms with van der Waals surface area (Å²) in [6.45, 7) is 3.20. The molecule has 1 aromatic heterocycles. The third-order valence-electron chi connectivity index (χ3n) is 2.38. The molecule has 100 valence electrons. The van der Waals surface area contributed by atoms with Crippen molar-refractivity contribution in [2.24, 2.45) is 0 Å². The fourth-order valence-electron chi connectivity index (χ4n) is 1.31. The summed E-state index contributed by atoms with van der Waals surface area (Å²) in [6.07, 6.45) is 1.49. The monoisotopic (exact) mass is 270 g/mol. The van der Waals surface area contributed by atoms with Gasteiger partial charge in [-0.15, -0.1) is 0 Å². The van der Waals surface area contributed by atoms with Gasteiger partial charge in [0.2, 0.25) is 0 Å². The van der Waals surface area contributed by atoms with Crippen molar-refractivity contribution in [3.8, 4) is 0 Å². The maximum atomic E-state index is 11.2. The summed E-state index contributed by atoms with van der Waals surface area (Å²) in [7, 11) is 0.599. The Hall–Kier alpha value is -1.27. The quantitative estimate of drug-likeness (QED) is 0.584. The lowest BCUT2D eigenvalue weighted by Gasteiger charge is -2.04. The number of esters is 1. The van der Waals surface area contributed by atoms with Crippen LogP contribution < -0.4 is 5.32 Å². The van der Waals surface area contributed by atoms with Gasteiger partial charge >= 0.3 is 5.97 Å². The number of nitrogens with zero attached hydrogens (tertiary/aromatic N) is 1. The Bertz CT molecular complexity index is 406. The number of methoxy groups -OCH3 is 1. The lowest BCUT2D eigenvalue weighted by atomic mass is 10.2. The van der Waals surface area contributed by atoms with Gasteiger partial charge in [-0.25, -0.2) is 4.79 Å². The third-order valence-corrected chi connectivity index (χ3v) is 3.68. The van der Waals surface area contributed by atoms with Crippen LogP contribution >= 0.6 is 0 Å². The molecule has 6 heteroatoms. The fraction of sp³-hybridized carbons (Fsp3) is 0.500. The summed E-state index contributed by atoms with van der Waals surface area (Å²) in [5.41, 5.74) is 1.28. The minimum Gasteiger partial charge on any atom is -0.465 e. The summed E-state index contributed by atoms with van der Waals surface area (Å²) in [5.74, 6) is 0.949. The maximum absolute atomic E-state index is 11.2. The topological polar surface area (TPSA) is 68.3 Å². The van der Waals surface area contributed by atoms with E-state index >= 15 is 0 Å². The second-order valence-electron chi connectivity index (χ2n) is 3.64. The molecule has 18 heavy (non-hydrogen) atoms.